The van der Waals surface area contributed by atoms with E-state index in [1.807, 2.05) is 19.9 Å². The minimum absolute atomic E-state index is 0.0166. The van der Waals surface area contributed by atoms with Crippen molar-refractivity contribution in [2.24, 2.45) is 5.73 Å². The summed E-state index contributed by atoms with van der Waals surface area (Å²) < 4.78 is 20.0. The molecule has 0 radical (unpaired) electrons. The van der Waals surface area contributed by atoms with Gasteiger partial charge in [-0.25, -0.2) is 9.37 Å². The highest BCUT2D eigenvalue weighted by molar-refractivity contribution is 6.03. The van der Waals surface area contributed by atoms with E-state index in [4.69, 9.17) is 10.3 Å². The van der Waals surface area contributed by atoms with E-state index in [1.54, 1.807) is 12.3 Å². The monoisotopic (exact) mass is 450 g/mol. The number of hydrogen-bond donors (Lipinski definition) is 3. The summed E-state index contributed by atoms with van der Waals surface area (Å²) in [6.45, 7) is 5.23. The smallest absolute Gasteiger partial charge is 0.297 e. The van der Waals surface area contributed by atoms with Gasteiger partial charge in [0, 0.05) is 31.2 Å². The molecule has 0 bridgehead atoms. The summed E-state index contributed by atoms with van der Waals surface area (Å²) in [7, 11) is 0. The third-order valence-electron chi connectivity index (χ3n) is 5.63. The van der Waals surface area contributed by atoms with Crippen LogP contribution in [0.3, 0.4) is 0 Å². The molecule has 1 amide bonds. The lowest BCUT2D eigenvalue weighted by Crippen LogP contribution is -2.26. The number of benzene rings is 1. The number of fused-ring (bicyclic) bond motifs is 1. The molecule has 1 fully saturated rings. The fourth-order valence-corrected chi connectivity index (χ4v) is 3.91. The molecule has 170 valence electrons. The third-order valence-corrected chi connectivity index (χ3v) is 5.63. The van der Waals surface area contributed by atoms with E-state index >= 15 is 0 Å². The highest BCUT2D eigenvalue weighted by Crippen LogP contribution is 2.35. The van der Waals surface area contributed by atoms with Crippen LogP contribution in [0.25, 0.3) is 22.2 Å². The maximum absolute atomic E-state index is 15.0. The fraction of sp³-hybridized carbons (Fsp3) is 0.318. The van der Waals surface area contributed by atoms with Gasteiger partial charge in [-0.2, -0.15) is 10.1 Å². The van der Waals surface area contributed by atoms with Crippen LogP contribution >= 0.6 is 0 Å². The first-order chi connectivity index (χ1) is 15.9. The molecular formula is C22H23FN8O2. The van der Waals surface area contributed by atoms with Crippen LogP contribution in [0.4, 0.5) is 15.9 Å². The molecule has 5 rings (SSSR count). The van der Waals surface area contributed by atoms with E-state index in [9.17, 15) is 9.18 Å². The molecule has 1 atom stereocenters. The predicted molar refractivity (Wildman–Crippen MR) is 120 cm³/mol. The lowest BCUT2D eigenvalue weighted by atomic mass is 10.0. The second kappa shape index (κ2) is 8.24. The van der Waals surface area contributed by atoms with Crippen molar-refractivity contribution in [1.29, 1.82) is 0 Å². The van der Waals surface area contributed by atoms with Crippen LogP contribution in [-0.2, 0) is 0 Å². The summed E-state index contributed by atoms with van der Waals surface area (Å²) in [5, 5.41) is 14.3. The Morgan fingerprint density at radius 1 is 1.36 bits per heavy atom. The molecule has 4 heterocycles. The van der Waals surface area contributed by atoms with Gasteiger partial charge in [0.2, 0.25) is 5.89 Å². The Morgan fingerprint density at radius 2 is 2.21 bits per heavy atom. The van der Waals surface area contributed by atoms with Gasteiger partial charge >= 0.3 is 0 Å². The largest absolute Gasteiger partial charge is 0.353 e. The zero-order valence-corrected chi connectivity index (χ0v) is 18.2. The molecule has 10 nitrogen and oxygen atoms in total. The Labute approximate surface area is 188 Å². The Kier molecular flexibility index (Phi) is 5.25. The molecule has 11 heteroatoms. The van der Waals surface area contributed by atoms with Gasteiger partial charge in [-0.05, 0) is 35.7 Å². The van der Waals surface area contributed by atoms with Crippen LogP contribution in [0, 0.1) is 5.82 Å². The highest BCUT2D eigenvalue weighted by Gasteiger charge is 2.25. The van der Waals surface area contributed by atoms with E-state index in [0.717, 1.165) is 29.7 Å². The Hall–Kier alpha value is -3.86. The summed E-state index contributed by atoms with van der Waals surface area (Å²) >= 11 is 0. The first-order valence-corrected chi connectivity index (χ1v) is 10.7. The van der Waals surface area contributed by atoms with Gasteiger partial charge in [-0.3, -0.25) is 9.89 Å². The number of aromatic nitrogens is 5. The van der Waals surface area contributed by atoms with E-state index in [-0.39, 0.29) is 23.5 Å². The number of halogens is 1. The molecule has 33 heavy (non-hydrogen) atoms. The number of nitrogens with two attached hydrogens (primary N) is 1. The van der Waals surface area contributed by atoms with E-state index in [2.05, 4.69) is 35.5 Å². The SMILES string of the molecule is CC(C)c1nc(C(=O)Nc2ccc(-c3ccnc4[nH]nc(N5CC[C@@H](N)C5)c34)cc2F)no1. The number of nitrogens with one attached hydrogen (secondary N) is 2. The van der Waals surface area contributed by atoms with Gasteiger partial charge in [0.25, 0.3) is 11.7 Å². The minimum Gasteiger partial charge on any atom is -0.353 e. The summed E-state index contributed by atoms with van der Waals surface area (Å²) in [6.07, 6.45) is 2.53. The van der Waals surface area contributed by atoms with Crippen LogP contribution in [0.15, 0.2) is 35.0 Å². The normalized spacial score (nSPS) is 16.2. The molecule has 4 N–H and O–H groups in total. The number of rotatable bonds is 5. The fourth-order valence-electron chi connectivity index (χ4n) is 3.91. The third kappa shape index (κ3) is 3.91. The van der Waals surface area contributed by atoms with Crippen LogP contribution < -0.4 is 16.0 Å². The average molecular weight is 450 g/mol. The number of aromatic amines is 1. The zero-order valence-electron chi connectivity index (χ0n) is 18.2. The number of H-pyrrole nitrogens is 1. The minimum atomic E-state index is -0.647. The van der Waals surface area contributed by atoms with Crippen molar-refractivity contribution >= 4 is 28.4 Å². The van der Waals surface area contributed by atoms with Crippen LogP contribution in [0.5, 0.6) is 0 Å². The van der Waals surface area contributed by atoms with Crippen molar-refractivity contribution in [2.45, 2.75) is 32.2 Å². The van der Waals surface area contributed by atoms with Gasteiger partial charge in [-0.1, -0.05) is 25.1 Å². The second-order valence-electron chi connectivity index (χ2n) is 8.38. The number of nitrogens with zero attached hydrogens (tertiary/aromatic N) is 5. The van der Waals surface area contributed by atoms with Gasteiger partial charge in [-0.15, -0.1) is 0 Å². The second-order valence-corrected chi connectivity index (χ2v) is 8.38. The van der Waals surface area contributed by atoms with Gasteiger partial charge in [0.05, 0.1) is 11.1 Å². The standard InChI is InChI=1S/C22H23FN8O2/c1-11(2)22-27-19(30-33-22)21(32)26-16-4-3-12(9-15(16)23)14-5-7-25-18-17(14)20(29-28-18)31-8-6-13(24)10-31/h3-5,7,9,11,13H,6,8,10,24H2,1-2H3,(H,26,32)(H,25,28,29)/t13-/m1/s1. The number of pyridine rings is 1. The highest BCUT2D eigenvalue weighted by atomic mass is 19.1. The van der Waals surface area contributed by atoms with E-state index < -0.39 is 11.7 Å². The molecule has 0 saturated carbocycles. The van der Waals surface area contributed by atoms with Crippen molar-refractivity contribution < 1.29 is 13.7 Å². The van der Waals surface area contributed by atoms with Gasteiger partial charge in [0.1, 0.15) is 5.82 Å². The summed E-state index contributed by atoms with van der Waals surface area (Å²) in [4.78, 5) is 22.9. The lowest BCUT2D eigenvalue weighted by Gasteiger charge is -2.16. The first kappa shape index (κ1) is 21.0. The maximum atomic E-state index is 15.0. The Bertz CT molecular complexity index is 1330. The molecule has 1 saturated heterocycles. The molecule has 1 aliphatic heterocycles. The van der Waals surface area contributed by atoms with Crippen molar-refractivity contribution in [3.63, 3.8) is 0 Å². The summed E-state index contributed by atoms with van der Waals surface area (Å²) in [5.74, 6) is -0.316. The number of carbonyl (C=O) groups is 1. The van der Waals surface area contributed by atoms with Crippen molar-refractivity contribution in [3.05, 3.63) is 48.0 Å². The Morgan fingerprint density at radius 3 is 2.91 bits per heavy atom. The number of carbonyl (C=O) groups excluding carboxylic acids is 1. The first-order valence-electron chi connectivity index (χ1n) is 10.7. The van der Waals surface area contributed by atoms with Crippen molar-refractivity contribution in [3.8, 4) is 11.1 Å². The molecule has 0 spiro atoms. The molecule has 1 aliphatic rings. The van der Waals surface area contributed by atoms with Crippen molar-refractivity contribution in [1.82, 2.24) is 25.3 Å². The molecular weight excluding hydrogens is 427 g/mol. The summed E-state index contributed by atoms with van der Waals surface area (Å²) in [6, 6.07) is 6.51. The number of amides is 1. The van der Waals surface area contributed by atoms with Crippen LogP contribution in [0.2, 0.25) is 0 Å². The van der Waals surface area contributed by atoms with Crippen LogP contribution in [0.1, 0.15) is 42.7 Å². The Balaban J connectivity index is 1.44. The van der Waals surface area contributed by atoms with Gasteiger partial charge < -0.3 is 20.5 Å². The van der Waals surface area contributed by atoms with E-state index in [0.29, 0.717) is 23.6 Å². The molecule has 3 aromatic heterocycles. The molecule has 0 unspecified atom stereocenters. The summed E-state index contributed by atoms with van der Waals surface area (Å²) in [5.41, 5.74) is 8.10. The topological polar surface area (TPSA) is 139 Å². The quantitative estimate of drug-likeness (QED) is 0.422. The molecule has 0 aliphatic carbocycles. The zero-order chi connectivity index (χ0) is 23.1. The number of anilines is 2. The average Bonchev–Trinajstić information content (AvgIpc) is 3.54. The van der Waals surface area contributed by atoms with Crippen LogP contribution in [-0.4, -0.2) is 50.4 Å². The predicted octanol–water partition coefficient (Wildman–Crippen LogP) is 3.06. The maximum Gasteiger partial charge on any atom is 0.297 e. The molecule has 4 aromatic rings. The number of hydrogen-bond acceptors (Lipinski definition) is 8. The van der Waals surface area contributed by atoms with Crippen molar-refractivity contribution in [2.75, 3.05) is 23.3 Å². The molecule has 1 aromatic carbocycles. The lowest BCUT2D eigenvalue weighted by molar-refractivity contribution is 0.101. The van der Waals surface area contributed by atoms with E-state index in [1.165, 1.54) is 12.1 Å². The van der Waals surface area contributed by atoms with Gasteiger partial charge in [0.15, 0.2) is 11.5 Å².